The zero-order chi connectivity index (χ0) is 17.4. The summed E-state index contributed by atoms with van der Waals surface area (Å²) in [6.45, 7) is 1.94. The second-order valence-electron chi connectivity index (χ2n) is 5.76. The number of anilines is 3. The molecule has 3 nitrogen and oxygen atoms in total. The summed E-state index contributed by atoms with van der Waals surface area (Å²) in [5.41, 5.74) is 3.43. The summed E-state index contributed by atoms with van der Waals surface area (Å²) in [4.78, 5) is 17.0. The smallest absolute Gasteiger partial charge is 0.307 e. The van der Waals surface area contributed by atoms with Crippen molar-refractivity contribution in [2.45, 2.75) is 16.7 Å². The molecule has 124 valence electrons. The third-order valence-electron chi connectivity index (χ3n) is 4.08. The van der Waals surface area contributed by atoms with Gasteiger partial charge >= 0.3 is 6.03 Å². The minimum absolute atomic E-state index is 0.203. The molecule has 0 unspecified atom stereocenters. The molecule has 0 spiro atoms. The van der Waals surface area contributed by atoms with E-state index < -0.39 is 0 Å². The summed E-state index contributed by atoms with van der Waals surface area (Å²) in [5, 5.41) is 3.59. The predicted octanol–water partition coefficient (Wildman–Crippen LogP) is 6.48. The van der Waals surface area contributed by atoms with Crippen LogP contribution in [0.5, 0.6) is 0 Å². The fraction of sp³-hybridized carbons (Fsp3) is 0.0500. The number of carbonyl (C=O) groups excluding carboxylic acids is 1. The van der Waals surface area contributed by atoms with Gasteiger partial charge in [0.15, 0.2) is 0 Å². The van der Waals surface area contributed by atoms with Crippen molar-refractivity contribution in [1.29, 1.82) is 0 Å². The number of carbonyl (C=O) groups is 1. The molecule has 0 aromatic heterocycles. The van der Waals surface area contributed by atoms with Crippen molar-refractivity contribution in [3.63, 3.8) is 0 Å². The molecule has 1 N–H and O–H groups in total. The van der Waals surface area contributed by atoms with Gasteiger partial charge in [0.1, 0.15) is 0 Å². The second-order valence-corrected chi connectivity index (χ2v) is 7.28. The summed E-state index contributed by atoms with van der Waals surface area (Å²) in [5.74, 6) is 0. The van der Waals surface area contributed by atoms with E-state index >= 15 is 0 Å². The van der Waals surface area contributed by atoms with Gasteiger partial charge in [-0.25, -0.2) is 4.79 Å². The first kappa shape index (κ1) is 16.1. The van der Waals surface area contributed by atoms with Gasteiger partial charge in [0.25, 0.3) is 0 Å². The van der Waals surface area contributed by atoms with Crippen molar-refractivity contribution in [2.24, 2.45) is 0 Å². The highest BCUT2D eigenvalue weighted by atomic mass is 35.5. The van der Waals surface area contributed by atoms with E-state index in [0.29, 0.717) is 10.7 Å². The van der Waals surface area contributed by atoms with E-state index in [9.17, 15) is 4.79 Å². The van der Waals surface area contributed by atoms with E-state index in [1.165, 1.54) is 0 Å². The van der Waals surface area contributed by atoms with E-state index in [1.54, 1.807) is 22.7 Å². The zero-order valence-electron chi connectivity index (χ0n) is 13.5. The van der Waals surface area contributed by atoms with Gasteiger partial charge in [0.2, 0.25) is 0 Å². The molecule has 0 bridgehead atoms. The van der Waals surface area contributed by atoms with Crippen LogP contribution in [-0.4, -0.2) is 6.03 Å². The first-order valence-corrected chi connectivity index (χ1v) is 9.06. The number of nitrogens with zero attached hydrogens (tertiary/aromatic N) is 1. The van der Waals surface area contributed by atoms with Crippen LogP contribution in [0.25, 0.3) is 0 Å². The molecule has 0 atom stereocenters. The van der Waals surface area contributed by atoms with Gasteiger partial charge in [-0.2, -0.15) is 0 Å². The van der Waals surface area contributed by atoms with E-state index in [0.717, 1.165) is 26.7 Å². The maximum atomic E-state index is 13.1. The van der Waals surface area contributed by atoms with Crippen LogP contribution in [0.2, 0.25) is 5.02 Å². The van der Waals surface area contributed by atoms with Crippen LogP contribution >= 0.6 is 23.4 Å². The molecule has 0 aliphatic carbocycles. The molecule has 1 aliphatic heterocycles. The molecule has 4 rings (SSSR count). The van der Waals surface area contributed by atoms with Crippen LogP contribution in [0, 0.1) is 6.92 Å². The molecule has 25 heavy (non-hydrogen) atoms. The molecule has 2 amide bonds. The fourth-order valence-corrected chi connectivity index (χ4v) is 4.05. The zero-order valence-corrected chi connectivity index (χ0v) is 15.1. The average molecular weight is 367 g/mol. The Morgan fingerprint density at radius 2 is 1.56 bits per heavy atom. The molecule has 3 aromatic rings. The summed E-state index contributed by atoms with van der Waals surface area (Å²) in [6.07, 6.45) is 0. The van der Waals surface area contributed by atoms with E-state index in [4.69, 9.17) is 11.6 Å². The van der Waals surface area contributed by atoms with E-state index in [-0.39, 0.29) is 6.03 Å². The van der Waals surface area contributed by atoms with Gasteiger partial charge < -0.3 is 5.32 Å². The van der Waals surface area contributed by atoms with Crippen molar-refractivity contribution in [2.75, 3.05) is 10.2 Å². The number of halogens is 1. The quantitative estimate of drug-likeness (QED) is 0.534. The predicted molar refractivity (Wildman–Crippen MR) is 104 cm³/mol. The van der Waals surface area contributed by atoms with Crippen molar-refractivity contribution in [1.82, 2.24) is 0 Å². The maximum absolute atomic E-state index is 13.1. The minimum Gasteiger partial charge on any atom is -0.307 e. The van der Waals surface area contributed by atoms with Gasteiger partial charge in [-0.3, -0.25) is 4.90 Å². The Labute approximate surface area is 155 Å². The summed E-state index contributed by atoms with van der Waals surface area (Å²) < 4.78 is 0. The molecule has 0 saturated carbocycles. The maximum Gasteiger partial charge on any atom is 0.331 e. The monoisotopic (exact) mass is 366 g/mol. The normalized spacial score (nSPS) is 12.3. The standard InChI is InChI=1S/C20H15ClN2OS/c1-13-10-11-14(21)12-15(13)22-20(24)23-16-6-2-4-8-18(16)25-19-9-5-3-7-17(19)23/h2-12H,1H3,(H,22,24). The van der Waals surface area contributed by atoms with Gasteiger partial charge in [0, 0.05) is 20.5 Å². The van der Waals surface area contributed by atoms with Crippen molar-refractivity contribution < 1.29 is 4.79 Å². The molecule has 0 fully saturated rings. The number of fused-ring (bicyclic) bond motifs is 2. The SMILES string of the molecule is Cc1ccc(Cl)cc1NC(=O)N1c2ccccc2Sc2ccccc21. The number of amides is 2. The Hall–Kier alpha value is -2.43. The minimum atomic E-state index is -0.203. The Morgan fingerprint density at radius 1 is 0.960 bits per heavy atom. The van der Waals surface area contributed by atoms with Gasteiger partial charge in [-0.05, 0) is 48.9 Å². The lowest BCUT2D eigenvalue weighted by atomic mass is 10.2. The third kappa shape index (κ3) is 2.99. The van der Waals surface area contributed by atoms with Crippen molar-refractivity contribution in [3.8, 4) is 0 Å². The lowest BCUT2D eigenvalue weighted by molar-refractivity contribution is 0.258. The van der Waals surface area contributed by atoms with E-state index in [1.807, 2.05) is 67.6 Å². The van der Waals surface area contributed by atoms with E-state index in [2.05, 4.69) is 5.32 Å². The number of para-hydroxylation sites is 2. The highest BCUT2D eigenvalue weighted by Crippen LogP contribution is 2.48. The topological polar surface area (TPSA) is 32.3 Å². The number of hydrogen-bond donors (Lipinski definition) is 1. The van der Waals surface area contributed by atoms with Gasteiger partial charge in [-0.15, -0.1) is 0 Å². The second kappa shape index (κ2) is 6.47. The Bertz CT molecular complexity index is 928. The molecule has 5 heteroatoms. The third-order valence-corrected chi connectivity index (χ3v) is 5.44. The molecule has 1 aliphatic rings. The Balaban J connectivity index is 1.76. The Morgan fingerprint density at radius 3 is 2.20 bits per heavy atom. The lowest BCUT2D eigenvalue weighted by Crippen LogP contribution is -2.32. The number of aryl methyl sites for hydroxylation is 1. The van der Waals surface area contributed by atoms with Crippen molar-refractivity contribution in [3.05, 3.63) is 77.3 Å². The summed E-state index contributed by atoms with van der Waals surface area (Å²) in [6, 6.07) is 21.1. The number of rotatable bonds is 1. The van der Waals surface area contributed by atoms with Crippen molar-refractivity contribution >= 4 is 46.5 Å². The summed E-state index contributed by atoms with van der Waals surface area (Å²) in [7, 11) is 0. The molecular formula is C20H15ClN2OS. The largest absolute Gasteiger partial charge is 0.331 e. The van der Waals surface area contributed by atoms with Crippen LogP contribution < -0.4 is 10.2 Å². The number of urea groups is 1. The molecule has 3 aromatic carbocycles. The Kier molecular flexibility index (Phi) is 4.15. The first-order valence-electron chi connectivity index (χ1n) is 7.86. The molecule has 1 heterocycles. The molecule has 0 radical (unpaired) electrons. The average Bonchev–Trinajstić information content (AvgIpc) is 2.62. The summed E-state index contributed by atoms with van der Waals surface area (Å²) >= 11 is 7.75. The van der Waals surface area contributed by atoms with Crippen LogP contribution in [0.3, 0.4) is 0 Å². The molecular weight excluding hydrogens is 352 g/mol. The van der Waals surface area contributed by atoms with Crippen LogP contribution in [0.1, 0.15) is 5.56 Å². The van der Waals surface area contributed by atoms with Crippen LogP contribution in [0.4, 0.5) is 21.9 Å². The lowest BCUT2D eigenvalue weighted by Gasteiger charge is -2.31. The first-order chi connectivity index (χ1) is 12.1. The number of nitrogens with one attached hydrogen (secondary N) is 1. The van der Waals surface area contributed by atoms with Crippen LogP contribution in [-0.2, 0) is 0 Å². The number of hydrogen-bond acceptors (Lipinski definition) is 2. The van der Waals surface area contributed by atoms with Gasteiger partial charge in [-0.1, -0.05) is 53.7 Å². The molecule has 0 saturated heterocycles. The highest BCUT2D eigenvalue weighted by Gasteiger charge is 2.28. The fourth-order valence-electron chi connectivity index (χ4n) is 2.82. The number of benzene rings is 3. The van der Waals surface area contributed by atoms with Gasteiger partial charge in [0.05, 0.1) is 11.4 Å². The highest BCUT2D eigenvalue weighted by molar-refractivity contribution is 7.99. The van der Waals surface area contributed by atoms with Crippen LogP contribution in [0.15, 0.2) is 76.5 Å².